The molecule has 0 spiro atoms. The number of nitrogens with one attached hydrogen (secondary N) is 1. The average molecular weight is 249 g/mol. The van der Waals surface area contributed by atoms with E-state index in [2.05, 4.69) is 15.3 Å². The molecule has 1 aromatic heterocycles. The lowest BCUT2D eigenvalue weighted by molar-refractivity contribution is 0.410. The van der Waals surface area contributed by atoms with Crippen molar-refractivity contribution >= 4 is 11.8 Å². The van der Waals surface area contributed by atoms with Crippen LogP contribution in [0, 0.1) is 6.92 Å². The summed E-state index contributed by atoms with van der Waals surface area (Å²) in [7, 11) is 3.91. The minimum Gasteiger partial charge on any atom is -0.367 e. The highest BCUT2D eigenvalue weighted by molar-refractivity contribution is 5.43. The lowest BCUT2D eigenvalue weighted by atomic mass is 9.92. The first-order chi connectivity index (χ1) is 8.54. The van der Waals surface area contributed by atoms with E-state index in [0.29, 0.717) is 12.1 Å². The summed E-state index contributed by atoms with van der Waals surface area (Å²) in [6.45, 7) is 2.00. The molecule has 18 heavy (non-hydrogen) atoms. The number of hydrogen-bond acceptors (Lipinski definition) is 5. The van der Waals surface area contributed by atoms with Crippen LogP contribution >= 0.6 is 0 Å². The third-order valence-electron chi connectivity index (χ3n) is 3.37. The van der Waals surface area contributed by atoms with E-state index < -0.39 is 0 Å². The third kappa shape index (κ3) is 3.32. The van der Waals surface area contributed by atoms with Crippen LogP contribution in [0.2, 0.25) is 0 Å². The summed E-state index contributed by atoms with van der Waals surface area (Å²) in [5.41, 5.74) is 6.91. The molecule has 0 aliphatic heterocycles. The molecule has 0 unspecified atom stereocenters. The molecule has 1 fully saturated rings. The van der Waals surface area contributed by atoms with Crippen molar-refractivity contribution in [2.75, 3.05) is 24.3 Å². The fourth-order valence-corrected chi connectivity index (χ4v) is 2.30. The number of hydrogen-bond donors (Lipinski definition) is 2. The predicted molar refractivity (Wildman–Crippen MR) is 75.0 cm³/mol. The van der Waals surface area contributed by atoms with Crippen molar-refractivity contribution in [2.45, 2.75) is 44.7 Å². The Bertz CT molecular complexity index is 396. The minimum atomic E-state index is 0.382. The van der Waals surface area contributed by atoms with E-state index in [0.717, 1.165) is 43.1 Å². The van der Waals surface area contributed by atoms with Gasteiger partial charge in [0.15, 0.2) is 0 Å². The fourth-order valence-electron chi connectivity index (χ4n) is 2.30. The molecule has 1 aliphatic rings. The smallest absolute Gasteiger partial charge is 0.226 e. The molecule has 0 radical (unpaired) electrons. The van der Waals surface area contributed by atoms with Crippen molar-refractivity contribution in [3.63, 3.8) is 0 Å². The summed E-state index contributed by atoms with van der Waals surface area (Å²) in [6, 6.07) is 2.88. The summed E-state index contributed by atoms with van der Waals surface area (Å²) < 4.78 is 0. The van der Waals surface area contributed by atoms with Crippen LogP contribution in [-0.4, -0.2) is 36.1 Å². The Labute approximate surface area is 109 Å². The third-order valence-corrected chi connectivity index (χ3v) is 3.37. The van der Waals surface area contributed by atoms with Gasteiger partial charge in [-0.3, -0.25) is 0 Å². The molecule has 1 saturated carbocycles. The van der Waals surface area contributed by atoms with Gasteiger partial charge in [0.05, 0.1) is 0 Å². The zero-order valence-electron chi connectivity index (χ0n) is 11.5. The van der Waals surface area contributed by atoms with Gasteiger partial charge in [-0.2, -0.15) is 4.98 Å². The lowest BCUT2D eigenvalue weighted by Gasteiger charge is -2.27. The summed E-state index contributed by atoms with van der Waals surface area (Å²) in [5, 5.41) is 3.50. The maximum absolute atomic E-state index is 5.92. The minimum absolute atomic E-state index is 0.382. The topological polar surface area (TPSA) is 67.1 Å². The second-order valence-electron chi connectivity index (χ2n) is 5.35. The van der Waals surface area contributed by atoms with Gasteiger partial charge in [0.1, 0.15) is 5.82 Å². The van der Waals surface area contributed by atoms with Gasteiger partial charge < -0.3 is 16.0 Å². The van der Waals surface area contributed by atoms with E-state index in [9.17, 15) is 0 Å². The molecule has 0 amide bonds. The van der Waals surface area contributed by atoms with Crippen molar-refractivity contribution in [3.8, 4) is 0 Å². The van der Waals surface area contributed by atoms with Crippen LogP contribution in [0.4, 0.5) is 11.8 Å². The zero-order chi connectivity index (χ0) is 13.1. The maximum atomic E-state index is 5.92. The number of rotatable bonds is 3. The molecule has 0 saturated heterocycles. The maximum Gasteiger partial charge on any atom is 0.226 e. The Morgan fingerprint density at radius 1 is 1.22 bits per heavy atom. The van der Waals surface area contributed by atoms with Crippen LogP contribution < -0.4 is 16.0 Å². The SMILES string of the molecule is Cc1cc(N[C@H]2CC[C@@H](N)CC2)nc(N(C)C)n1. The Morgan fingerprint density at radius 2 is 1.89 bits per heavy atom. The Balaban J connectivity index is 2.04. The van der Waals surface area contributed by atoms with Gasteiger partial charge in [-0.05, 0) is 32.6 Å². The molecule has 1 heterocycles. The van der Waals surface area contributed by atoms with Gasteiger partial charge in [0, 0.05) is 37.9 Å². The first kappa shape index (κ1) is 13.1. The van der Waals surface area contributed by atoms with Crippen molar-refractivity contribution < 1.29 is 0 Å². The molecule has 100 valence electrons. The first-order valence-corrected chi connectivity index (χ1v) is 6.59. The van der Waals surface area contributed by atoms with E-state index >= 15 is 0 Å². The number of nitrogens with two attached hydrogens (primary N) is 1. The second-order valence-corrected chi connectivity index (χ2v) is 5.35. The van der Waals surface area contributed by atoms with E-state index in [1.165, 1.54) is 0 Å². The molecule has 5 nitrogen and oxygen atoms in total. The lowest BCUT2D eigenvalue weighted by Crippen LogP contribution is -2.33. The van der Waals surface area contributed by atoms with Crippen LogP contribution in [0.3, 0.4) is 0 Å². The number of aromatic nitrogens is 2. The number of anilines is 2. The fraction of sp³-hybridized carbons (Fsp3) is 0.692. The Morgan fingerprint density at radius 3 is 2.50 bits per heavy atom. The van der Waals surface area contributed by atoms with E-state index in [4.69, 9.17) is 5.73 Å². The standard InChI is InChI=1S/C13H23N5/c1-9-8-12(17-13(15-9)18(2)3)16-11-6-4-10(14)5-7-11/h8,10-11H,4-7,14H2,1-3H3,(H,15,16,17)/t10-,11+. The van der Waals surface area contributed by atoms with Crippen molar-refractivity contribution in [1.82, 2.24) is 9.97 Å². The molecular formula is C13H23N5. The molecule has 3 N–H and O–H groups in total. The van der Waals surface area contributed by atoms with Crippen molar-refractivity contribution in [3.05, 3.63) is 11.8 Å². The van der Waals surface area contributed by atoms with Gasteiger partial charge in [-0.25, -0.2) is 4.98 Å². The monoisotopic (exact) mass is 249 g/mol. The van der Waals surface area contributed by atoms with Gasteiger partial charge in [-0.1, -0.05) is 0 Å². The van der Waals surface area contributed by atoms with Crippen LogP contribution in [-0.2, 0) is 0 Å². The molecule has 1 aromatic rings. The summed E-state index contributed by atoms with van der Waals surface area (Å²) in [5.74, 6) is 1.68. The van der Waals surface area contributed by atoms with Crippen LogP contribution in [0.15, 0.2) is 6.07 Å². The van der Waals surface area contributed by atoms with E-state index in [1.807, 2.05) is 32.0 Å². The van der Waals surface area contributed by atoms with Gasteiger partial charge in [-0.15, -0.1) is 0 Å². The Kier molecular flexibility index (Phi) is 4.01. The highest BCUT2D eigenvalue weighted by Crippen LogP contribution is 2.21. The van der Waals surface area contributed by atoms with Gasteiger partial charge >= 0.3 is 0 Å². The number of aryl methyl sites for hydroxylation is 1. The molecule has 0 atom stereocenters. The zero-order valence-corrected chi connectivity index (χ0v) is 11.5. The second kappa shape index (κ2) is 5.52. The Hall–Kier alpha value is -1.36. The normalized spacial score (nSPS) is 23.8. The summed E-state index contributed by atoms with van der Waals surface area (Å²) >= 11 is 0. The first-order valence-electron chi connectivity index (χ1n) is 6.59. The quantitative estimate of drug-likeness (QED) is 0.850. The molecule has 2 rings (SSSR count). The average Bonchev–Trinajstić information content (AvgIpc) is 2.31. The van der Waals surface area contributed by atoms with E-state index in [1.54, 1.807) is 0 Å². The van der Waals surface area contributed by atoms with Crippen LogP contribution in [0.25, 0.3) is 0 Å². The van der Waals surface area contributed by atoms with Crippen molar-refractivity contribution in [1.29, 1.82) is 0 Å². The summed E-state index contributed by atoms with van der Waals surface area (Å²) in [6.07, 6.45) is 4.45. The highest BCUT2D eigenvalue weighted by atomic mass is 15.2. The largest absolute Gasteiger partial charge is 0.367 e. The molecule has 5 heteroatoms. The summed E-state index contributed by atoms with van der Waals surface area (Å²) in [4.78, 5) is 10.8. The van der Waals surface area contributed by atoms with Crippen LogP contribution in [0.1, 0.15) is 31.4 Å². The van der Waals surface area contributed by atoms with Gasteiger partial charge in [0.25, 0.3) is 0 Å². The molecular weight excluding hydrogens is 226 g/mol. The van der Waals surface area contributed by atoms with Crippen molar-refractivity contribution in [2.24, 2.45) is 5.73 Å². The predicted octanol–water partition coefficient (Wildman–Crippen LogP) is 1.53. The van der Waals surface area contributed by atoms with E-state index in [-0.39, 0.29) is 0 Å². The molecule has 0 aromatic carbocycles. The van der Waals surface area contributed by atoms with Crippen LogP contribution in [0.5, 0.6) is 0 Å². The molecule has 0 bridgehead atoms. The molecule has 1 aliphatic carbocycles. The number of nitrogens with zero attached hydrogens (tertiary/aromatic N) is 3. The highest BCUT2D eigenvalue weighted by Gasteiger charge is 2.18. The van der Waals surface area contributed by atoms with Gasteiger partial charge in [0.2, 0.25) is 5.95 Å².